The fourth-order valence-corrected chi connectivity index (χ4v) is 3.92. The van der Waals surface area contributed by atoms with Gasteiger partial charge in [0.2, 0.25) is 0 Å². The van der Waals surface area contributed by atoms with Crippen molar-refractivity contribution in [2.45, 2.75) is 13.3 Å². The van der Waals surface area contributed by atoms with Crippen molar-refractivity contribution in [1.29, 1.82) is 0 Å². The predicted octanol–water partition coefficient (Wildman–Crippen LogP) is 3.96. The number of carbonyl (C=O) groups excluding carboxylic acids is 1. The number of ether oxygens (including phenoxy) is 1. The standard InChI is InChI=1S/C23H28N4O2/c1-2-29-23(28)27-16-14-26(15-17-27)13-7-12-24-22-18-8-3-5-10-20(18)25-21-11-6-4-9-19(21)22/h3-6,8-11H,2,7,12-17H2,1H3,(H,24,25). The van der Waals surface area contributed by atoms with Gasteiger partial charge in [0.25, 0.3) is 0 Å². The van der Waals surface area contributed by atoms with Crippen LogP contribution in [0.25, 0.3) is 21.8 Å². The molecule has 0 saturated carbocycles. The maximum absolute atomic E-state index is 11.8. The third kappa shape index (κ3) is 4.43. The number of hydrogen-bond donors (Lipinski definition) is 1. The molecule has 0 aliphatic carbocycles. The van der Waals surface area contributed by atoms with E-state index in [0.717, 1.165) is 67.5 Å². The molecule has 0 spiro atoms. The van der Waals surface area contributed by atoms with Gasteiger partial charge in [0.15, 0.2) is 0 Å². The number of carbonyl (C=O) groups is 1. The van der Waals surface area contributed by atoms with Crippen LogP contribution >= 0.6 is 0 Å². The van der Waals surface area contributed by atoms with E-state index in [-0.39, 0.29) is 6.09 Å². The van der Waals surface area contributed by atoms with Crippen LogP contribution in [-0.2, 0) is 4.74 Å². The van der Waals surface area contributed by atoms with Crippen molar-refractivity contribution in [3.63, 3.8) is 0 Å². The summed E-state index contributed by atoms with van der Waals surface area (Å²) in [5.41, 5.74) is 3.20. The van der Waals surface area contributed by atoms with E-state index in [0.29, 0.717) is 6.61 Å². The normalized spacial score (nSPS) is 15.0. The van der Waals surface area contributed by atoms with Crippen LogP contribution in [0.2, 0.25) is 0 Å². The van der Waals surface area contributed by atoms with Crippen LogP contribution in [0.5, 0.6) is 0 Å². The summed E-state index contributed by atoms with van der Waals surface area (Å²) >= 11 is 0. The molecule has 1 aliphatic rings. The molecule has 6 nitrogen and oxygen atoms in total. The minimum absolute atomic E-state index is 0.190. The number of amides is 1. The Balaban J connectivity index is 1.34. The van der Waals surface area contributed by atoms with E-state index in [4.69, 9.17) is 9.72 Å². The summed E-state index contributed by atoms with van der Waals surface area (Å²) in [6, 6.07) is 16.6. The van der Waals surface area contributed by atoms with Gasteiger partial charge in [0, 0.05) is 43.5 Å². The van der Waals surface area contributed by atoms with Gasteiger partial charge in [-0.05, 0) is 32.0 Å². The van der Waals surface area contributed by atoms with Gasteiger partial charge in [-0.25, -0.2) is 9.78 Å². The molecule has 1 aromatic heterocycles. The largest absolute Gasteiger partial charge is 0.450 e. The number of pyridine rings is 1. The van der Waals surface area contributed by atoms with Gasteiger partial charge >= 0.3 is 6.09 Å². The highest BCUT2D eigenvalue weighted by molar-refractivity contribution is 6.07. The van der Waals surface area contributed by atoms with E-state index < -0.39 is 0 Å². The third-order valence-electron chi connectivity index (χ3n) is 5.44. The van der Waals surface area contributed by atoms with Gasteiger partial charge < -0.3 is 15.0 Å². The lowest BCUT2D eigenvalue weighted by Crippen LogP contribution is -2.49. The minimum Gasteiger partial charge on any atom is -0.450 e. The summed E-state index contributed by atoms with van der Waals surface area (Å²) in [4.78, 5) is 20.8. The molecule has 1 N–H and O–H groups in total. The second kappa shape index (κ2) is 9.09. The van der Waals surface area contributed by atoms with Crippen molar-refractivity contribution >= 4 is 33.6 Å². The molecule has 0 atom stereocenters. The number of aromatic nitrogens is 1. The highest BCUT2D eigenvalue weighted by atomic mass is 16.6. The summed E-state index contributed by atoms with van der Waals surface area (Å²) in [5, 5.41) is 5.99. The number of nitrogens with zero attached hydrogens (tertiary/aromatic N) is 3. The molecule has 1 aliphatic heterocycles. The Labute approximate surface area is 171 Å². The van der Waals surface area contributed by atoms with Crippen molar-refractivity contribution in [1.82, 2.24) is 14.8 Å². The van der Waals surface area contributed by atoms with Crippen LogP contribution in [0.3, 0.4) is 0 Å². The van der Waals surface area contributed by atoms with Gasteiger partial charge in [0.05, 0.1) is 23.3 Å². The second-order valence-corrected chi connectivity index (χ2v) is 7.33. The molecule has 0 unspecified atom stereocenters. The molecule has 2 aromatic carbocycles. The molecule has 29 heavy (non-hydrogen) atoms. The third-order valence-corrected chi connectivity index (χ3v) is 5.44. The first kappa shape index (κ1) is 19.5. The van der Waals surface area contributed by atoms with Crippen LogP contribution in [0.15, 0.2) is 48.5 Å². The zero-order chi connectivity index (χ0) is 20.1. The molecule has 0 bridgehead atoms. The predicted molar refractivity (Wildman–Crippen MR) is 117 cm³/mol. The SMILES string of the molecule is CCOC(=O)N1CCN(CCCNc2c3ccccc3nc3ccccc23)CC1. The number of rotatable bonds is 6. The van der Waals surface area contributed by atoms with E-state index >= 15 is 0 Å². The van der Waals surface area contributed by atoms with Crippen LogP contribution in [0.4, 0.5) is 10.5 Å². The quantitative estimate of drug-likeness (QED) is 0.508. The summed E-state index contributed by atoms with van der Waals surface area (Å²) < 4.78 is 5.09. The topological polar surface area (TPSA) is 57.7 Å². The minimum atomic E-state index is -0.190. The van der Waals surface area contributed by atoms with Crippen molar-refractivity contribution in [2.24, 2.45) is 0 Å². The fourth-order valence-electron chi connectivity index (χ4n) is 3.92. The molecular formula is C23H28N4O2. The molecule has 1 saturated heterocycles. The Morgan fingerprint density at radius 1 is 1.00 bits per heavy atom. The first-order valence-electron chi connectivity index (χ1n) is 10.4. The summed E-state index contributed by atoms with van der Waals surface area (Å²) in [6.07, 6.45) is 0.856. The molecule has 1 fully saturated rings. The molecule has 4 rings (SSSR count). The lowest BCUT2D eigenvalue weighted by atomic mass is 10.1. The lowest BCUT2D eigenvalue weighted by Gasteiger charge is -2.34. The number of piperazine rings is 1. The van der Waals surface area contributed by atoms with Crippen molar-refractivity contribution in [3.8, 4) is 0 Å². The van der Waals surface area contributed by atoms with Gasteiger partial charge in [0.1, 0.15) is 0 Å². The smallest absolute Gasteiger partial charge is 0.409 e. The summed E-state index contributed by atoms with van der Waals surface area (Å²) in [6.45, 7) is 7.48. The maximum atomic E-state index is 11.8. The number of anilines is 1. The average Bonchev–Trinajstić information content (AvgIpc) is 2.76. The van der Waals surface area contributed by atoms with Crippen LogP contribution < -0.4 is 5.32 Å². The number of hydrogen-bond acceptors (Lipinski definition) is 5. The van der Waals surface area contributed by atoms with Gasteiger partial charge in [-0.3, -0.25) is 4.90 Å². The van der Waals surface area contributed by atoms with Crippen molar-refractivity contribution in [3.05, 3.63) is 48.5 Å². The van der Waals surface area contributed by atoms with E-state index in [1.54, 1.807) is 4.90 Å². The van der Waals surface area contributed by atoms with Crippen LogP contribution in [0, 0.1) is 0 Å². The highest BCUT2D eigenvalue weighted by Crippen LogP contribution is 2.30. The maximum Gasteiger partial charge on any atom is 0.409 e. The fraction of sp³-hybridized carbons (Fsp3) is 0.391. The Morgan fingerprint density at radius 2 is 1.62 bits per heavy atom. The van der Waals surface area contributed by atoms with E-state index in [1.165, 1.54) is 5.69 Å². The summed E-state index contributed by atoms with van der Waals surface area (Å²) in [7, 11) is 0. The monoisotopic (exact) mass is 392 g/mol. The van der Waals surface area contributed by atoms with Crippen molar-refractivity contribution in [2.75, 3.05) is 51.2 Å². The van der Waals surface area contributed by atoms with E-state index in [9.17, 15) is 4.79 Å². The highest BCUT2D eigenvalue weighted by Gasteiger charge is 2.21. The number of para-hydroxylation sites is 2. The van der Waals surface area contributed by atoms with E-state index in [1.807, 2.05) is 19.1 Å². The van der Waals surface area contributed by atoms with Crippen LogP contribution in [-0.4, -0.2) is 66.8 Å². The number of nitrogens with one attached hydrogen (secondary N) is 1. The van der Waals surface area contributed by atoms with Crippen LogP contribution in [0.1, 0.15) is 13.3 Å². The number of fused-ring (bicyclic) bond motifs is 2. The zero-order valence-electron chi connectivity index (χ0n) is 16.9. The Hall–Kier alpha value is -2.86. The Bertz CT molecular complexity index is 929. The Morgan fingerprint density at radius 3 is 2.24 bits per heavy atom. The molecular weight excluding hydrogens is 364 g/mol. The van der Waals surface area contributed by atoms with Gasteiger partial charge in [-0.1, -0.05) is 36.4 Å². The molecule has 2 heterocycles. The first-order chi connectivity index (χ1) is 14.3. The Kier molecular flexibility index (Phi) is 6.10. The average molecular weight is 393 g/mol. The van der Waals surface area contributed by atoms with Crippen molar-refractivity contribution < 1.29 is 9.53 Å². The van der Waals surface area contributed by atoms with Gasteiger partial charge in [-0.15, -0.1) is 0 Å². The summed E-state index contributed by atoms with van der Waals surface area (Å²) in [5.74, 6) is 0. The first-order valence-corrected chi connectivity index (χ1v) is 10.4. The second-order valence-electron chi connectivity index (χ2n) is 7.33. The van der Waals surface area contributed by atoms with Gasteiger partial charge in [-0.2, -0.15) is 0 Å². The molecule has 0 radical (unpaired) electrons. The number of benzene rings is 2. The zero-order valence-corrected chi connectivity index (χ0v) is 16.9. The molecule has 1 amide bonds. The molecule has 3 aromatic rings. The van der Waals surface area contributed by atoms with E-state index in [2.05, 4.69) is 46.6 Å². The molecule has 6 heteroatoms. The molecule has 152 valence electrons. The lowest BCUT2D eigenvalue weighted by molar-refractivity contribution is 0.0796.